The van der Waals surface area contributed by atoms with Gasteiger partial charge >= 0.3 is 0 Å². The van der Waals surface area contributed by atoms with Gasteiger partial charge in [-0.1, -0.05) is 0 Å². The zero-order valence-corrected chi connectivity index (χ0v) is 9.33. The van der Waals surface area contributed by atoms with Crippen LogP contribution in [0.25, 0.3) is 0 Å². The van der Waals surface area contributed by atoms with Crippen LogP contribution in [0, 0.1) is 13.8 Å². The number of hydrogen-bond acceptors (Lipinski definition) is 3. The van der Waals surface area contributed by atoms with Crippen LogP contribution in [-0.2, 0) is 15.3 Å². The van der Waals surface area contributed by atoms with Crippen molar-refractivity contribution in [3.8, 4) is 5.75 Å². The molecule has 0 unspecified atom stereocenters. The lowest BCUT2D eigenvalue weighted by Gasteiger charge is -2.26. The van der Waals surface area contributed by atoms with Crippen molar-refractivity contribution in [2.24, 2.45) is 0 Å². The Labute approximate surface area is 89.6 Å². The highest BCUT2D eigenvalue weighted by molar-refractivity contribution is 5.42. The maximum absolute atomic E-state index is 9.46. The minimum Gasteiger partial charge on any atom is -0.508 e. The van der Waals surface area contributed by atoms with E-state index in [1.54, 1.807) is 12.1 Å². The number of hydrogen-bond donors (Lipinski definition) is 1. The fraction of sp³-hybridized carbons (Fsp3) is 0.500. The fourth-order valence-electron chi connectivity index (χ4n) is 2.32. The SMILES string of the molecule is Cc1cc(O)cc(C)c1C1(C)OCCO1. The number of phenols is 1. The van der Waals surface area contributed by atoms with E-state index in [2.05, 4.69) is 0 Å². The van der Waals surface area contributed by atoms with Gasteiger partial charge in [0.05, 0.1) is 13.2 Å². The highest BCUT2D eigenvalue weighted by Crippen LogP contribution is 2.36. The molecule has 0 amide bonds. The smallest absolute Gasteiger partial charge is 0.192 e. The average molecular weight is 208 g/mol. The Morgan fingerprint density at radius 2 is 1.60 bits per heavy atom. The lowest BCUT2D eigenvalue weighted by atomic mass is 9.96. The van der Waals surface area contributed by atoms with E-state index in [1.807, 2.05) is 20.8 Å². The van der Waals surface area contributed by atoms with Crippen molar-refractivity contribution in [3.63, 3.8) is 0 Å². The Morgan fingerprint density at radius 1 is 1.13 bits per heavy atom. The van der Waals surface area contributed by atoms with Crippen LogP contribution in [0.4, 0.5) is 0 Å². The van der Waals surface area contributed by atoms with Crippen molar-refractivity contribution in [3.05, 3.63) is 28.8 Å². The first-order chi connectivity index (χ1) is 7.03. The van der Waals surface area contributed by atoms with Gasteiger partial charge in [-0.05, 0) is 44.0 Å². The molecule has 0 atom stereocenters. The van der Waals surface area contributed by atoms with Gasteiger partial charge in [-0.15, -0.1) is 0 Å². The Bertz CT molecular complexity index is 355. The summed E-state index contributed by atoms with van der Waals surface area (Å²) in [6, 6.07) is 3.47. The summed E-state index contributed by atoms with van der Waals surface area (Å²) in [6.07, 6.45) is 0. The molecule has 1 heterocycles. The lowest BCUT2D eigenvalue weighted by molar-refractivity contribution is -0.150. The third-order valence-corrected chi connectivity index (χ3v) is 2.81. The summed E-state index contributed by atoms with van der Waals surface area (Å²) in [5.41, 5.74) is 3.02. The van der Waals surface area contributed by atoms with E-state index in [0.29, 0.717) is 13.2 Å². The topological polar surface area (TPSA) is 38.7 Å². The van der Waals surface area contributed by atoms with Crippen LogP contribution < -0.4 is 0 Å². The molecule has 3 nitrogen and oxygen atoms in total. The van der Waals surface area contributed by atoms with Crippen molar-refractivity contribution >= 4 is 0 Å². The second-order valence-electron chi connectivity index (χ2n) is 4.10. The molecule has 0 radical (unpaired) electrons. The Balaban J connectivity index is 2.52. The second-order valence-corrected chi connectivity index (χ2v) is 4.10. The van der Waals surface area contributed by atoms with Gasteiger partial charge in [0.15, 0.2) is 5.79 Å². The molecular weight excluding hydrogens is 192 g/mol. The van der Waals surface area contributed by atoms with Crippen LogP contribution in [0.5, 0.6) is 5.75 Å². The molecule has 1 fully saturated rings. The summed E-state index contributed by atoms with van der Waals surface area (Å²) in [5, 5.41) is 9.46. The van der Waals surface area contributed by atoms with Gasteiger partial charge in [0, 0.05) is 5.56 Å². The monoisotopic (exact) mass is 208 g/mol. The molecule has 3 heteroatoms. The van der Waals surface area contributed by atoms with Crippen molar-refractivity contribution in [2.75, 3.05) is 13.2 Å². The summed E-state index contributed by atoms with van der Waals surface area (Å²) < 4.78 is 11.2. The molecule has 2 rings (SSSR count). The quantitative estimate of drug-likeness (QED) is 0.769. The molecule has 0 aliphatic carbocycles. The van der Waals surface area contributed by atoms with Gasteiger partial charge in [0.2, 0.25) is 0 Å². The number of benzene rings is 1. The number of phenolic OH excluding ortho intramolecular Hbond substituents is 1. The Hall–Kier alpha value is -1.06. The molecule has 1 saturated heterocycles. The van der Waals surface area contributed by atoms with Crippen molar-refractivity contribution in [1.82, 2.24) is 0 Å². The average Bonchev–Trinajstić information content (AvgIpc) is 2.50. The third-order valence-electron chi connectivity index (χ3n) is 2.81. The van der Waals surface area contributed by atoms with E-state index in [9.17, 15) is 5.11 Å². The molecule has 0 bridgehead atoms. The second kappa shape index (κ2) is 3.51. The molecule has 1 N–H and O–H groups in total. The summed E-state index contributed by atoms with van der Waals surface area (Å²) >= 11 is 0. The molecule has 0 aromatic heterocycles. The Kier molecular flexibility index (Phi) is 2.44. The lowest BCUT2D eigenvalue weighted by Crippen LogP contribution is -2.24. The Morgan fingerprint density at radius 3 is 2.07 bits per heavy atom. The van der Waals surface area contributed by atoms with E-state index in [-0.39, 0.29) is 5.75 Å². The van der Waals surface area contributed by atoms with E-state index in [0.717, 1.165) is 16.7 Å². The maximum Gasteiger partial charge on any atom is 0.192 e. The predicted octanol–water partition coefficient (Wildman–Crippen LogP) is 2.23. The molecule has 1 aromatic carbocycles. The molecular formula is C12H16O3. The van der Waals surface area contributed by atoms with E-state index in [4.69, 9.17) is 9.47 Å². The van der Waals surface area contributed by atoms with Crippen LogP contribution in [0.1, 0.15) is 23.6 Å². The minimum atomic E-state index is -0.651. The number of aromatic hydroxyl groups is 1. The predicted molar refractivity (Wildman–Crippen MR) is 56.8 cm³/mol. The molecule has 82 valence electrons. The summed E-state index contributed by atoms with van der Waals surface area (Å²) in [7, 11) is 0. The van der Waals surface area contributed by atoms with Crippen molar-refractivity contribution in [1.29, 1.82) is 0 Å². The highest BCUT2D eigenvalue weighted by atomic mass is 16.7. The highest BCUT2D eigenvalue weighted by Gasteiger charge is 2.35. The summed E-state index contributed by atoms with van der Waals surface area (Å²) in [6.45, 7) is 7.08. The van der Waals surface area contributed by atoms with Crippen molar-refractivity contribution < 1.29 is 14.6 Å². The van der Waals surface area contributed by atoms with Crippen LogP contribution in [0.3, 0.4) is 0 Å². The first-order valence-corrected chi connectivity index (χ1v) is 5.11. The number of ether oxygens (including phenoxy) is 2. The largest absolute Gasteiger partial charge is 0.508 e. The van der Waals surface area contributed by atoms with Crippen LogP contribution in [0.2, 0.25) is 0 Å². The molecule has 15 heavy (non-hydrogen) atoms. The van der Waals surface area contributed by atoms with E-state index >= 15 is 0 Å². The molecule has 0 spiro atoms. The third kappa shape index (κ3) is 1.73. The first kappa shape index (κ1) is 10.5. The summed E-state index contributed by atoms with van der Waals surface area (Å²) in [5.74, 6) is -0.364. The first-order valence-electron chi connectivity index (χ1n) is 5.11. The van der Waals surface area contributed by atoms with Gasteiger partial charge in [-0.3, -0.25) is 0 Å². The van der Waals surface area contributed by atoms with Gasteiger partial charge in [0.1, 0.15) is 5.75 Å². The minimum absolute atomic E-state index is 0.287. The molecule has 1 aliphatic heterocycles. The zero-order chi connectivity index (χ0) is 11.1. The standard InChI is InChI=1S/C12H16O3/c1-8-6-10(13)7-9(2)11(8)12(3)14-4-5-15-12/h6-7,13H,4-5H2,1-3H3. The van der Waals surface area contributed by atoms with Crippen LogP contribution >= 0.6 is 0 Å². The van der Waals surface area contributed by atoms with Gasteiger partial charge in [-0.25, -0.2) is 0 Å². The number of rotatable bonds is 1. The van der Waals surface area contributed by atoms with E-state index in [1.165, 1.54) is 0 Å². The normalized spacial score (nSPS) is 19.4. The number of aryl methyl sites for hydroxylation is 2. The van der Waals surface area contributed by atoms with Gasteiger partial charge in [0.25, 0.3) is 0 Å². The van der Waals surface area contributed by atoms with Crippen molar-refractivity contribution in [2.45, 2.75) is 26.6 Å². The maximum atomic E-state index is 9.46. The zero-order valence-electron chi connectivity index (χ0n) is 9.33. The molecule has 0 saturated carbocycles. The van der Waals surface area contributed by atoms with E-state index < -0.39 is 5.79 Å². The summed E-state index contributed by atoms with van der Waals surface area (Å²) in [4.78, 5) is 0. The molecule has 1 aliphatic rings. The van der Waals surface area contributed by atoms with Crippen LogP contribution in [0.15, 0.2) is 12.1 Å². The molecule has 1 aromatic rings. The fourth-order valence-corrected chi connectivity index (χ4v) is 2.32. The van der Waals surface area contributed by atoms with Gasteiger partial charge in [-0.2, -0.15) is 0 Å². The van der Waals surface area contributed by atoms with Gasteiger partial charge < -0.3 is 14.6 Å². The van der Waals surface area contributed by atoms with Crippen LogP contribution in [-0.4, -0.2) is 18.3 Å².